The third kappa shape index (κ3) is 2.97. The summed E-state index contributed by atoms with van der Waals surface area (Å²) in [4.78, 5) is -0.0888. The topological polar surface area (TPSA) is 98.2 Å². The van der Waals surface area contributed by atoms with Gasteiger partial charge in [0.15, 0.2) is 0 Å². The minimum absolute atomic E-state index is 0.0179. The first-order valence-electron chi connectivity index (χ1n) is 5.77. The van der Waals surface area contributed by atoms with Crippen LogP contribution in [0.25, 0.3) is 0 Å². The van der Waals surface area contributed by atoms with Crippen LogP contribution in [0, 0.1) is 19.7 Å². The summed E-state index contributed by atoms with van der Waals surface area (Å²) in [7, 11) is -3.79. The quantitative estimate of drug-likeness (QED) is 0.833. The van der Waals surface area contributed by atoms with E-state index in [1.807, 2.05) is 0 Å². The third-order valence-corrected chi connectivity index (χ3v) is 4.07. The summed E-state index contributed by atoms with van der Waals surface area (Å²) >= 11 is 0. The van der Waals surface area contributed by atoms with E-state index in [1.165, 1.54) is 13.0 Å². The molecule has 2 aromatic rings. The van der Waals surface area contributed by atoms with Gasteiger partial charge in [-0.05, 0) is 31.5 Å². The molecule has 6 nitrogen and oxygen atoms in total. The van der Waals surface area contributed by atoms with Crippen molar-refractivity contribution < 1.29 is 17.3 Å². The molecular formula is C12H14FN3O3S. The molecular weight excluding hydrogens is 285 g/mol. The molecule has 8 heteroatoms. The average Bonchev–Trinajstić information content (AvgIpc) is 2.79. The zero-order valence-corrected chi connectivity index (χ0v) is 11.8. The predicted molar refractivity (Wildman–Crippen MR) is 70.8 cm³/mol. The summed E-state index contributed by atoms with van der Waals surface area (Å²) in [6, 6.07) is 3.92. The first kappa shape index (κ1) is 14.5. The fourth-order valence-electron chi connectivity index (χ4n) is 1.67. The Morgan fingerprint density at radius 2 is 2.05 bits per heavy atom. The molecule has 0 bridgehead atoms. The van der Waals surface area contributed by atoms with E-state index in [9.17, 15) is 12.8 Å². The number of nitrogens with two attached hydrogens (primary N) is 1. The van der Waals surface area contributed by atoms with E-state index in [-0.39, 0.29) is 22.7 Å². The number of nitrogen functional groups attached to an aromatic ring is 1. The number of hydrogen-bond donors (Lipinski definition) is 2. The number of halogens is 1. The van der Waals surface area contributed by atoms with E-state index in [4.69, 9.17) is 10.3 Å². The molecule has 1 heterocycles. The second-order valence-corrected chi connectivity index (χ2v) is 6.16. The second-order valence-electron chi connectivity index (χ2n) is 4.40. The number of sulfonamides is 1. The van der Waals surface area contributed by atoms with Gasteiger partial charge < -0.3 is 10.3 Å². The standard InChI is InChI=1S/C12H14FN3O3S/c1-7-3-10(5-11(14)12(7)13)20(17,18)15-6-9-4-8(2)19-16-9/h3-5,15H,6,14H2,1-2H3. The number of aryl methyl sites for hydroxylation is 2. The number of benzene rings is 1. The molecule has 0 unspecified atom stereocenters. The molecule has 0 saturated carbocycles. The molecule has 1 aromatic heterocycles. The fourth-order valence-corrected chi connectivity index (χ4v) is 2.79. The highest BCUT2D eigenvalue weighted by Gasteiger charge is 2.17. The Morgan fingerprint density at radius 3 is 2.60 bits per heavy atom. The maximum atomic E-state index is 13.4. The smallest absolute Gasteiger partial charge is 0.241 e. The van der Waals surface area contributed by atoms with Crippen molar-refractivity contribution >= 4 is 15.7 Å². The van der Waals surface area contributed by atoms with Crippen molar-refractivity contribution in [2.24, 2.45) is 0 Å². The highest BCUT2D eigenvalue weighted by Crippen LogP contribution is 2.20. The van der Waals surface area contributed by atoms with Gasteiger partial charge in [-0.15, -0.1) is 0 Å². The summed E-state index contributed by atoms with van der Waals surface area (Å²) < 4.78 is 44.7. The van der Waals surface area contributed by atoms with Gasteiger partial charge in [-0.2, -0.15) is 0 Å². The van der Waals surface area contributed by atoms with Crippen molar-refractivity contribution in [3.63, 3.8) is 0 Å². The Labute approximate surface area is 115 Å². The number of hydrogen-bond acceptors (Lipinski definition) is 5. The summed E-state index contributed by atoms with van der Waals surface area (Å²) in [6.45, 7) is 3.14. The lowest BCUT2D eigenvalue weighted by Gasteiger charge is -2.08. The van der Waals surface area contributed by atoms with Crippen LogP contribution in [0.4, 0.5) is 10.1 Å². The monoisotopic (exact) mass is 299 g/mol. The number of rotatable bonds is 4. The molecule has 0 spiro atoms. The SMILES string of the molecule is Cc1cc(CNS(=O)(=O)c2cc(C)c(F)c(N)c2)no1. The molecule has 0 aliphatic rings. The van der Waals surface area contributed by atoms with Crippen LogP contribution in [0.1, 0.15) is 17.0 Å². The molecule has 0 saturated heterocycles. The maximum absolute atomic E-state index is 13.4. The van der Waals surface area contributed by atoms with Gasteiger partial charge in [0.1, 0.15) is 11.6 Å². The Morgan fingerprint density at radius 1 is 1.35 bits per heavy atom. The van der Waals surface area contributed by atoms with Crippen LogP contribution >= 0.6 is 0 Å². The molecule has 20 heavy (non-hydrogen) atoms. The van der Waals surface area contributed by atoms with Crippen LogP contribution in [-0.4, -0.2) is 13.6 Å². The molecule has 1 aromatic carbocycles. The number of anilines is 1. The lowest BCUT2D eigenvalue weighted by molar-refractivity contribution is 0.390. The normalized spacial score (nSPS) is 11.8. The lowest BCUT2D eigenvalue weighted by atomic mass is 10.2. The Balaban J connectivity index is 2.22. The van der Waals surface area contributed by atoms with Gasteiger partial charge in [0.05, 0.1) is 22.8 Å². The van der Waals surface area contributed by atoms with Gasteiger partial charge in [-0.3, -0.25) is 0 Å². The van der Waals surface area contributed by atoms with E-state index >= 15 is 0 Å². The second kappa shape index (κ2) is 5.22. The van der Waals surface area contributed by atoms with Gasteiger partial charge in [-0.25, -0.2) is 17.5 Å². The van der Waals surface area contributed by atoms with Crippen molar-refractivity contribution in [3.05, 3.63) is 41.0 Å². The van der Waals surface area contributed by atoms with E-state index in [0.29, 0.717) is 11.5 Å². The highest BCUT2D eigenvalue weighted by atomic mass is 32.2. The minimum atomic E-state index is -3.79. The Hall–Kier alpha value is -1.93. The first-order valence-corrected chi connectivity index (χ1v) is 7.25. The summed E-state index contributed by atoms with van der Waals surface area (Å²) in [5, 5.41) is 3.68. The van der Waals surface area contributed by atoms with Gasteiger partial charge in [0.25, 0.3) is 0 Å². The molecule has 2 rings (SSSR count). The Kier molecular flexibility index (Phi) is 3.78. The van der Waals surface area contributed by atoms with Crippen LogP contribution in [0.3, 0.4) is 0 Å². The van der Waals surface area contributed by atoms with Crippen molar-refractivity contribution in [1.29, 1.82) is 0 Å². The van der Waals surface area contributed by atoms with Crippen molar-refractivity contribution in [1.82, 2.24) is 9.88 Å². The van der Waals surface area contributed by atoms with E-state index in [2.05, 4.69) is 9.88 Å². The predicted octanol–water partition coefficient (Wildman–Crippen LogP) is 1.49. The number of aromatic nitrogens is 1. The molecule has 0 atom stereocenters. The lowest BCUT2D eigenvalue weighted by Crippen LogP contribution is -2.23. The third-order valence-electron chi connectivity index (χ3n) is 2.69. The molecule has 0 radical (unpaired) electrons. The summed E-state index contributed by atoms with van der Waals surface area (Å²) in [5.41, 5.74) is 5.85. The zero-order valence-electron chi connectivity index (χ0n) is 11.0. The van der Waals surface area contributed by atoms with Crippen LogP contribution < -0.4 is 10.5 Å². The molecule has 0 fully saturated rings. The van der Waals surface area contributed by atoms with Gasteiger partial charge in [-0.1, -0.05) is 5.16 Å². The number of nitrogens with one attached hydrogen (secondary N) is 1. The summed E-state index contributed by atoms with van der Waals surface area (Å²) in [5.74, 6) is -0.0304. The zero-order chi connectivity index (χ0) is 14.9. The van der Waals surface area contributed by atoms with Crippen molar-refractivity contribution in [3.8, 4) is 0 Å². The van der Waals surface area contributed by atoms with Crippen LogP contribution in [0.5, 0.6) is 0 Å². The summed E-state index contributed by atoms with van der Waals surface area (Å²) in [6.07, 6.45) is 0. The molecule has 108 valence electrons. The molecule has 3 N–H and O–H groups in total. The van der Waals surface area contributed by atoms with Gasteiger partial charge >= 0.3 is 0 Å². The van der Waals surface area contributed by atoms with Crippen LogP contribution in [0.2, 0.25) is 0 Å². The minimum Gasteiger partial charge on any atom is -0.396 e. The fraction of sp³-hybridized carbons (Fsp3) is 0.250. The van der Waals surface area contributed by atoms with Crippen LogP contribution in [-0.2, 0) is 16.6 Å². The van der Waals surface area contributed by atoms with E-state index in [0.717, 1.165) is 6.07 Å². The molecule has 0 amide bonds. The first-order chi connectivity index (χ1) is 9.29. The van der Waals surface area contributed by atoms with Crippen LogP contribution in [0.15, 0.2) is 27.6 Å². The van der Waals surface area contributed by atoms with Gasteiger partial charge in [0, 0.05) is 6.07 Å². The molecule has 0 aliphatic carbocycles. The van der Waals surface area contributed by atoms with Gasteiger partial charge in [0.2, 0.25) is 10.0 Å². The average molecular weight is 299 g/mol. The van der Waals surface area contributed by atoms with E-state index in [1.54, 1.807) is 13.0 Å². The highest BCUT2D eigenvalue weighted by molar-refractivity contribution is 7.89. The number of nitrogens with zero attached hydrogens (tertiary/aromatic N) is 1. The molecule has 0 aliphatic heterocycles. The van der Waals surface area contributed by atoms with Crippen molar-refractivity contribution in [2.45, 2.75) is 25.3 Å². The Bertz CT molecular complexity index is 717. The van der Waals surface area contributed by atoms with E-state index < -0.39 is 15.8 Å². The maximum Gasteiger partial charge on any atom is 0.241 e. The largest absolute Gasteiger partial charge is 0.396 e. The van der Waals surface area contributed by atoms with Crippen molar-refractivity contribution in [2.75, 3.05) is 5.73 Å².